The van der Waals surface area contributed by atoms with Crippen LogP contribution in [0.2, 0.25) is 5.02 Å². The van der Waals surface area contributed by atoms with Crippen LogP contribution in [0.5, 0.6) is 0 Å². The summed E-state index contributed by atoms with van der Waals surface area (Å²) in [6, 6.07) is 4.38. The van der Waals surface area contributed by atoms with Crippen molar-refractivity contribution in [2.45, 2.75) is 37.6 Å². The van der Waals surface area contributed by atoms with E-state index < -0.39 is 23.2 Å². The van der Waals surface area contributed by atoms with Gasteiger partial charge in [0.25, 0.3) is 5.91 Å². The summed E-state index contributed by atoms with van der Waals surface area (Å²) in [4.78, 5) is 24.0. The standard InChI is InChI=1S/C16H16ClFN4O3/c17-10-5-4-6-12(13(10)18)22-9-11(20-21-22)14(23)19-16(15(24)25)7-2-1-3-8-16/h4-6,9H,1-3,7-8H2,(H,19,23)(H,24,25). The van der Waals surface area contributed by atoms with E-state index in [1.165, 1.54) is 18.3 Å². The Morgan fingerprint density at radius 1 is 1.28 bits per heavy atom. The van der Waals surface area contributed by atoms with Gasteiger partial charge in [-0.15, -0.1) is 5.10 Å². The summed E-state index contributed by atoms with van der Waals surface area (Å²) in [5, 5.41) is 19.4. The van der Waals surface area contributed by atoms with Crippen LogP contribution >= 0.6 is 11.6 Å². The first-order valence-corrected chi connectivity index (χ1v) is 8.23. The number of hydrogen-bond acceptors (Lipinski definition) is 4. The fraction of sp³-hybridized carbons (Fsp3) is 0.375. The molecule has 1 saturated carbocycles. The van der Waals surface area contributed by atoms with Gasteiger partial charge in [-0.1, -0.05) is 42.1 Å². The van der Waals surface area contributed by atoms with Gasteiger partial charge in [0.2, 0.25) is 0 Å². The van der Waals surface area contributed by atoms with Crippen LogP contribution in [0.25, 0.3) is 5.69 Å². The maximum atomic E-state index is 14.0. The number of carbonyl (C=O) groups is 2. The minimum absolute atomic E-state index is 0.0460. The molecule has 7 nitrogen and oxygen atoms in total. The fourth-order valence-corrected chi connectivity index (χ4v) is 3.15. The Bertz CT molecular complexity index is 817. The Kier molecular flexibility index (Phi) is 4.71. The molecule has 132 valence electrons. The molecule has 0 aliphatic heterocycles. The Balaban J connectivity index is 1.83. The number of amides is 1. The highest BCUT2D eigenvalue weighted by molar-refractivity contribution is 6.30. The molecule has 1 fully saturated rings. The summed E-state index contributed by atoms with van der Waals surface area (Å²) in [7, 11) is 0. The van der Waals surface area contributed by atoms with Crippen LogP contribution in [-0.2, 0) is 4.79 Å². The Hall–Kier alpha value is -2.48. The topological polar surface area (TPSA) is 97.1 Å². The Labute approximate surface area is 147 Å². The second kappa shape index (κ2) is 6.79. The van der Waals surface area contributed by atoms with E-state index in [-0.39, 0.29) is 16.4 Å². The number of carboxylic acids is 1. The van der Waals surface area contributed by atoms with Crippen molar-refractivity contribution in [1.29, 1.82) is 0 Å². The van der Waals surface area contributed by atoms with Crippen molar-refractivity contribution in [2.75, 3.05) is 0 Å². The van der Waals surface area contributed by atoms with Crippen molar-refractivity contribution in [3.8, 4) is 5.69 Å². The zero-order valence-electron chi connectivity index (χ0n) is 13.2. The van der Waals surface area contributed by atoms with E-state index in [2.05, 4.69) is 15.6 Å². The van der Waals surface area contributed by atoms with Gasteiger partial charge < -0.3 is 10.4 Å². The van der Waals surface area contributed by atoms with E-state index >= 15 is 0 Å². The third-order valence-electron chi connectivity index (χ3n) is 4.37. The Morgan fingerprint density at radius 2 is 2.00 bits per heavy atom. The summed E-state index contributed by atoms with van der Waals surface area (Å²) in [6.45, 7) is 0. The zero-order chi connectivity index (χ0) is 18.0. The second-order valence-electron chi connectivity index (χ2n) is 6.02. The van der Waals surface area contributed by atoms with Crippen molar-refractivity contribution in [3.05, 3.63) is 40.9 Å². The van der Waals surface area contributed by atoms with Gasteiger partial charge >= 0.3 is 5.97 Å². The molecule has 1 aliphatic carbocycles. The number of nitrogens with zero attached hydrogens (tertiary/aromatic N) is 3. The molecule has 0 bridgehead atoms. The minimum atomic E-state index is -1.29. The lowest BCUT2D eigenvalue weighted by Crippen LogP contribution is -2.55. The molecule has 1 heterocycles. The van der Waals surface area contributed by atoms with E-state index in [0.717, 1.165) is 23.9 Å². The quantitative estimate of drug-likeness (QED) is 0.866. The molecule has 25 heavy (non-hydrogen) atoms. The number of carboxylic acid groups (broad SMARTS) is 1. The van der Waals surface area contributed by atoms with Crippen molar-refractivity contribution >= 4 is 23.5 Å². The average molecular weight is 367 g/mol. The third-order valence-corrected chi connectivity index (χ3v) is 4.67. The van der Waals surface area contributed by atoms with Gasteiger partial charge in [0, 0.05) is 0 Å². The first kappa shape index (κ1) is 17.3. The van der Waals surface area contributed by atoms with Crippen LogP contribution in [0.3, 0.4) is 0 Å². The highest BCUT2D eigenvalue weighted by Crippen LogP contribution is 2.29. The number of hydrogen-bond donors (Lipinski definition) is 2. The summed E-state index contributed by atoms with van der Waals surface area (Å²) >= 11 is 5.73. The number of rotatable bonds is 4. The molecule has 3 rings (SSSR count). The number of benzene rings is 1. The predicted octanol–water partition coefficient (Wildman–Crippen LogP) is 2.58. The Morgan fingerprint density at radius 3 is 2.68 bits per heavy atom. The molecule has 0 radical (unpaired) electrons. The highest BCUT2D eigenvalue weighted by atomic mass is 35.5. The number of carbonyl (C=O) groups excluding carboxylic acids is 1. The molecule has 0 atom stereocenters. The molecular formula is C16H16ClFN4O3. The number of nitrogens with one attached hydrogen (secondary N) is 1. The molecule has 0 unspecified atom stereocenters. The van der Waals surface area contributed by atoms with Crippen molar-refractivity contribution in [3.63, 3.8) is 0 Å². The SMILES string of the molecule is O=C(NC1(C(=O)O)CCCCC1)c1cn(-c2cccc(Cl)c2F)nn1. The monoisotopic (exact) mass is 366 g/mol. The van der Waals surface area contributed by atoms with Gasteiger partial charge in [-0.25, -0.2) is 13.9 Å². The summed E-state index contributed by atoms with van der Waals surface area (Å²) < 4.78 is 15.1. The van der Waals surface area contributed by atoms with Crippen molar-refractivity contribution in [2.24, 2.45) is 0 Å². The molecule has 1 amide bonds. The molecular weight excluding hydrogens is 351 g/mol. The molecule has 9 heteroatoms. The second-order valence-corrected chi connectivity index (χ2v) is 6.43. The van der Waals surface area contributed by atoms with Crippen molar-refractivity contribution < 1.29 is 19.1 Å². The highest BCUT2D eigenvalue weighted by Gasteiger charge is 2.41. The molecule has 1 aromatic carbocycles. The molecule has 1 aromatic heterocycles. The average Bonchev–Trinajstić information content (AvgIpc) is 3.08. The zero-order valence-corrected chi connectivity index (χ0v) is 14.0. The normalized spacial score (nSPS) is 16.4. The van der Waals surface area contributed by atoms with Gasteiger partial charge in [0.05, 0.1) is 11.2 Å². The van der Waals surface area contributed by atoms with E-state index in [9.17, 15) is 19.1 Å². The van der Waals surface area contributed by atoms with Crippen LogP contribution in [0.4, 0.5) is 4.39 Å². The largest absolute Gasteiger partial charge is 0.480 e. The van der Waals surface area contributed by atoms with Gasteiger partial charge in [-0.2, -0.15) is 0 Å². The van der Waals surface area contributed by atoms with E-state index in [1.807, 2.05) is 0 Å². The van der Waals surface area contributed by atoms with Gasteiger partial charge in [0.1, 0.15) is 11.2 Å². The van der Waals surface area contributed by atoms with Crippen molar-refractivity contribution in [1.82, 2.24) is 20.3 Å². The van der Waals surface area contributed by atoms with Crippen LogP contribution in [0, 0.1) is 5.82 Å². The van der Waals surface area contributed by atoms with Crippen LogP contribution in [-0.4, -0.2) is 37.5 Å². The van der Waals surface area contributed by atoms with Crippen LogP contribution in [0.15, 0.2) is 24.4 Å². The first-order chi connectivity index (χ1) is 11.9. The number of halogens is 2. The lowest BCUT2D eigenvalue weighted by molar-refractivity contribution is -0.145. The fourth-order valence-electron chi connectivity index (χ4n) is 2.98. The summed E-state index contributed by atoms with van der Waals surface area (Å²) in [6.07, 6.45) is 4.37. The maximum Gasteiger partial charge on any atom is 0.329 e. The van der Waals surface area contributed by atoms with Crippen LogP contribution < -0.4 is 5.32 Å². The van der Waals surface area contributed by atoms with E-state index in [1.54, 1.807) is 6.07 Å². The first-order valence-electron chi connectivity index (χ1n) is 7.86. The molecule has 2 aromatic rings. The molecule has 0 spiro atoms. The van der Waals surface area contributed by atoms with E-state index in [4.69, 9.17) is 11.6 Å². The minimum Gasteiger partial charge on any atom is -0.480 e. The molecule has 0 saturated heterocycles. The summed E-state index contributed by atoms with van der Waals surface area (Å²) in [5.74, 6) is -2.40. The smallest absolute Gasteiger partial charge is 0.329 e. The summed E-state index contributed by atoms with van der Waals surface area (Å²) in [5.41, 5.74) is -1.34. The lowest BCUT2D eigenvalue weighted by Gasteiger charge is -2.33. The van der Waals surface area contributed by atoms with Crippen LogP contribution in [0.1, 0.15) is 42.6 Å². The van der Waals surface area contributed by atoms with E-state index in [0.29, 0.717) is 12.8 Å². The maximum absolute atomic E-state index is 14.0. The number of aliphatic carboxylic acids is 1. The molecule has 1 aliphatic rings. The van der Waals surface area contributed by atoms with Gasteiger partial charge in [-0.05, 0) is 25.0 Å². The number of aromatic nitrogens is 3. The molecule has 2 N–H and O–H groups in total. The predicted molar refractivity (Wildman–Crippen MR) is 87.2 cm³/mol. The third kappa shape index (κ3) is 3.34. The van der Waals surface area contributed by atoms with Gasteiger partial charge in [-0.3, -0.25) is 4.79 Å². The lowest BCUT2D eigenvalue weighted by atomic mass is 9.81. The van der Waals surface area contributed by atoms with Gasteiger partial charge in [0.15, 0.2) is 11.5 Å².